The van der Waals surface area contributed by atoms with Crippen LogP contribution in [0.15, 0.2) is 16.6 Å². The highest BCUT2D eigenvalue weighted by Crippen LogP contribution is 2.37. The predicted octanol–water partition coefficient (Wildman–Crippen LogP) is 2.85. The van der Waals surface area contributed by atoms with E-state index in [-0.39, 0.29) is 6.61 Å². The van der Waals surface area contributed by atoms with Crippen LogP contribution in [0.4, 0.5) is 0 Å². The first-order chi connectivity index (χ1) is 9.22. The topological polar surface area (TPSA) is 64.7 Å². The number of aliphatic hydroxyl groups is 1. The molecular weight excluding hydrogens is 310 g/mol. The second-order valence-corrected chi connectivity index (χ2v) is 5.03. The second-order valence-electron chi connectivity index (χ2n) is 4.17. The van der Waals surface area contributed by atoms with Gasteiger partial charge in [-0.15, -0.1) is 0 Å². The molecule has 19 heavy (non-hydrogen) atoms. The van der Waals surface area contributed by atoms with Crippen molar-refractivity contribution in [1.82, 2.24) is 0 Å². The zero-order valence-corrected chi connectivity index (χ0v) is 12.9. The maximum Gasteiger partial charge on any atom is 0.175 e. The van der Waals surface area contributed by atoms with Crippen LogP contribution in [0.3, 0.4) is 0 Å². The Morgan fingerprint density at radius 3 is 2.63 bits per heavy atom. The number of rotatable bonds is 9. The van der Waals surface area contributed by atoms with E-state index in [1.807, 2.05) is 19.1 Å². The van der Waals surface area contributed by atoms with Crippen molar-refractivity contribution in [3.63, 3.8) is 0 Å². The molecule has 0 unspecified atom stereocenters. The highest BCUT2D eigenvalue weighted by Gasteiger charge is 2.11. The van der Waals surface area contributed by atoms with Gasteiger partial charge < -0.3 is 20.3 Å². The first-order valence-electron chi connectivity index (χ1n) is 6.61. The maximum atomic E-state index is 8.72. The Kier molecular flexibility index (Phi) is 7.86. The fraction of sp³-hybridized carbons (Fsp3) is 0.571. The van der Waals surface area contributed by atoms with Gasteiger partial charge in [0.1, 0.15) is 0 Å². The summed E-state index contributed by atoms with van der Waals surface area (Å²) in [5.41, 5.74) is 6.65. The van der Waals surface area contributed by atoms with Crippen molar-refractivity contribution in [3.8, 4) is 11.5 Å². The minimum atomic E-state index is 0.235. The number of hydrogen-bond acceptors (Lipinski definition) is 4. The van der Waals surface area contributed by atoms with E-state index in [9.17, 15) is 0 Å². The normalized spacial score (nSPS) is 10.5. The van der Waals surface area contributed by atoms with E-state index in [4.69, 9.17) is 20.3 Å². The van der Waals surface area contributed by atoms with Gasteiger partial charge in [-0.2, -0.15) is 0 Å². The summed E-state index contributed by atoms with van der Waals surface area (Å²) < 4.78 is 12.2. The first-order valence-corrected chi connectivity index (χ1v) is 7.41. The third kappa shape index (κ3) is 5.38. The number of benzene rings is 1. The Labute approximate surface area is 123 Å². The minimum absolute atomic E-state index is 0.235. The standard InChI is InChI=1S/C14H22BrNO3/c1-2-18-13-9-11(10-16)8-12(15)14(13)19-7-5-3-4-6-17/h8-9,17H,2-7,10,16H2,1H3. The zero-order valence-electron chi connectivity index (χ0n) is 11.3. The van der Waals surface area contributed by atoms with E-state index >= 15 is 0 Å². The van der Waals surface area contributed by atoms with Crippen molar-refractivity contribution in [1.29, 1.82) is 0 Å². The van der Waals surface area contributed by atoms with Crippen LogP contribution in [-0.2, 0) is 6.54 Å². The molecule has 0 amide bonds. The van der Waals surface area contributed by atoms with Gasteiger partial charge in [0, 0.05) is 13.2 Å². The average molecular weight is 332 g/mol. The van der Waals surface area contributed by atoms with E-state index in [0.29, 0.717) is 19.8 Å². The lowest BCUT2D eigenvalue weighted by molar-refractivity contribution is 0.254. The molecule has 3 N–H and O–H groups in total. The fourth-order valence-electron chi connectivity index (χ4n) is 1.71. The van der Waals surface area contributed by atoms with Crippen molar-refractivity contribution in [3.05, 3.63) is 22.2 Å². The number of hydrogen-bond donors (Lipinski definition) is 2. The molecule has 4 nitrogen and oxygen atoms in total. The Bertz CT molecular complexity index is 385. The molecular formula is C14H22BrNO3. The first kappa shape index (κ1) is 16.3. The molecule has 0 aliphatic rings. The molecule has 0 saturated carbocycles. The number of ether oxygens (including phenoxy) is 2. The zero-order chi connectivity index (χ0) is 14.1. The van der Waals surface area contributed by atoms with Crippen molar-refractivity contribution in [2.45, 2.75) is 32.7 Å². The van der Waals surface area contributed by atoms with Gasteiger partial charge in [0.2, 0.25) is 0 Å². The highest BCUT2D eigenvalue weighted by atomic mass is 79.9. The van der Waals surface area contributed by atoms with Gasteiger partial charge in [0.05, 0.1) is 17.7 Å². The van der Waals surface area contributed by atoms with Gasteiger partial charge in [-0.3, -0.25) is 0 Å². The van der Waals surface area contributed by atoms with Gasteiger partial charge in [0.25, 0.3) is 0 Å². The monoisotopic (exact) mass is 331 g/mol. The molecule has 108 valence electrons. The third-order valence-electron chi connectivity index (χ3n) is 2.65. The number of halogens is 1. The van der Waals surface area contributed by atoms with Gasteiger partial charge in [-0.25, -0.2) is 0 Å². The second kappa shape index (κ2) is 9.18. The molecule has 0 fully saturated rings. The molecule has 0 aliphatic carbocycles. The molecule has 1 rings (SSSR count). The smallest absolute Gasteiger partial charge is 0.175 e. The molecule has 1 aromatic carbocycles. The van der Waals surface area contributed by atoms with Crippen LogP contribution in [0.1, 0.15) is 31.7 Å². The summed E-state index contributed by atoms with van der Waals surface area (Å²) in [5.74, 6) is 1.45. The maximum absolute atomic E-state index is 8.72. The van der Waals surface area contributed by atoms with E-state index in [1.165, 1.54) is 0 Å². The van der Waals surface area contributed by atoms with Crippen LogP contribution in [0, 0.1) is 0 Å². The summed E-state index contributed by atoms with van der Waals surface area (Å²) in [6, 6.07) is 3.86. The molecule has 0 saturated heterocycles. The summed E-state index contributed by atoms with van der Waals surface area (Å²) in [4.78, 5) is 0. The largest absolute Gasteiger partial charge is 0.490 e. The van der Waals surface area contributed by atoms with E-state index in [1.54, 1.807) is 0 Å². The van der Waals surface area contributed by atoms with Gasteiger partial charge >= 0.3 is 0 Å². The van der Waals surface area contributed by atoms with Crippen LogP contribution in [0.5, 0.6) is 11.5 Å². The summed E-state index contributed by atoms with van der Waals surface area (Å²) in [6.45, 7) is 3.84. The summed E-state index contributed by atoms with van der Waals surface area (Å²) in [6.07, 6.45) is 2.69. The molecule has 0 atom stereocenters. The van der Waals surface area contributed by atoms with Crippen LogP contribution in [0.2, 0.25) is 0 Å². The molecule has 5 heteroatoms. The lowest BCUT2D eigenvalue weighted by atomic mass is 10.2. The molecule has 1 aromatic rings. The van der Waals surface area contributed by atoms with Crippen molar-refractivity contribution in [2.24, 2.45) is 5.73 Å². The SMILES string of the molecule is CCOc1cc(CN)cc(Br)c1OCCCCCO. The van der Waals surface area contributed by atoms with Crippen LogP contribution in [0.25, 0.3) is 0 Å². The summed E-state index contributed by atoms with van der Waals surface area (Å²) >= 11 is 3.49. The van der Waals surface area contributed by atoms with Crippen LogP contribution in [-0.4, -0.2) is 24.9 Å². The summed E-state index contributed by atoms with van der Waals surface area (Å²) in [5, 5.41) is 8.72. The quantitative estimate of drug-likeness (QED) is 0.683. The molecule has 0 aliphatic heterocycles. The molecule has 0 radical (unpaired) electrons. The molecule has 0 heterocycles. The fourth-order valence-corrected chi connectivity index (χ4v) is 2.31. The number of aliphatic hydroxyl groups excluding tert-OH is 1. The van der Waals surface area contributed by atoms with Crippen LogP contribution >= 0.6 is 15.9 Å². The van der Waals surface area contributed by atoms with E-state index in [0.717, 1.165) is 40.8 Å². The Morgan fingerprint density at radius 2 is 2.00 bits per heavy atom. The lowest BCUT2D eigenvalue weighted by Crippen LogP contribution is -2.04. The average Bonchev–Trinajstić information content (AvgIpc) is 2.41. The molecule has 0 spiro atoms. The Morgan fingerprint density at radius 1 is 1.21 bits per heavy atom. The van der Waals surface area contributed by atoms with Crippen molar-refractivity contribution >= 4 is 15.9 Å². The lowest BCUT2D eigenvalue weighted by Gasteiger charge is -2.15. The van der Waals surface area contributed by atoms with Gasteiger partial charge in [-0.1, -0.05) is 0 Å². The predicted molar refractivity (Wildman–Crippen MR) is 79.6 cm³/mol. The van der Waals surface area contributed by atoms with Crippen molar-refractivity contribution < 1.29 is 14.6 Å². The number of unbranched alkanes of at least 4 members (excludes halogenated alkanes) is 2. The minimum Gasteiger partial charge on any atom is -0.490 e. The van der Waals surface area contributed by atoms with Gasteiger partial charge in [0.15, 0.2) is 11.5 Å². The molecule has 0 aromatic heterocycles. The number of nitrogens with two attached hydrogens (primary N) is 1. The highest BCUT2D eigenvalue weighted by molar-refractivity contribution is 9.10. The Balaban J connectivity index is 2.68. The van der Waals surface area contributed by atoms with Gasteiger partial charge in [-0.05, 0) is 59.8 Å². The summed E-state index contributed by atoms with van der Waals surface area (Å²) in [7, 11) is 0. The van der Waals surface area contributed by atoms with Crippen molar-refractivity contribution in [2.75, 3.05) is 19.8 Å². The van der Waals surface area contributed by atoms with E-state index in [2.05, 4.69) is 15.9 Å². The third-order valence-corrected chi connectivity index (χ3v) is 3.24. The van der Waals surface area contributed by atoms with Crippen LogP contribution < -0.4 is 15.2 Å². The molecule has 0 bridgehead atoms. The van der Waals surface area contributed by atoms with E-state index < -0.39 is 0 Å². The Hall–Kier alpha value is -0.780.